The quantitative estimate of drug-likeness (QED) is 0.0493. The first-order valence-corrected chi connectivity index (χ1v) is 56.0. The molecule has 0 unspecified atom stereocenters. The Morgan fingerprint density at radius 3 is 0.493 bits per heavy atom. The Balaban J connectivity index is 0.813. The van der Waals surface area contributed by atoms with Crippen molar-refractivity contribution < 1.29 is 0 Å². The molecule has 8 saturated carbocycles. The van der Waals surface area contributed by atoms with Crippen LogP contribution in [0.2, 0.25) is 0 Å². The van der Waals surface area contributed by atoms with E-state index in [0.717, 1.165) is 22.7 Å². The van der Waals surface area contributed by atoms with Gasteiger partial charge in [0, 0.05) is 44.3 Å². The molecule has 2 nitrogen and oxygen atoms in total. The van der Waals surface area contributed by atoms with Crippen molar-refractivity contribution in [2.45, 2.75) is 330 Å². The van der Waals surface area contributed by atoms with Crippen LogP contribution in [0.4, 0.5) is 34.1 Å². The van der Waals surface area contributed by atoms with E-state index < -0.39 is 0 Å². The average Bonchev–Trinajstić information content (AvgIpc) is 0.710. The highest BCUT2D eigenvalue weighted by Crippen LogP contribution is 2.57. The van der Waals surface area contributed by atoms with Gasteiger partial charge in [-0.3, -0.25) is 0 Å². The average molecular weight is 1830 g/mol. The summed E-state index contributed by atoms with van der Waals surface area (Å²) < 4.78 is 0. The van der Waals surface area contributed by atoms with E-state index in [9.17, 15) is 0 Å². The summed E-state index contributed by atoms with van der Waals surface area (Å²) in [6.07, 6.45) is 52.0. The van der Waals surface area contributed by atoms with Gasteiger partial charge >= 0.3 is 0 Å². The third kappa shape index (κ3) is 20.1. The number of nitrogens with zero attached hydrogens (tertiary/aromatic N) is 2. The van der Waals surface area contributed by atoms with Gasteiger partial charge in [0.05, 0.1) is 11.4 Å². The molecule has 0 radical (unpaired) electrons. The molecule has 140 heavy (non-hydrogen) atoms. The van der Waals surface area contributed by atoms with E-state index in [1.807, 2.05) is 0 Å². The maximum absolute atomic E-state index is 2.80. The first kappa shape index (κ1) is 92.2. The third-order valence-electron chi connectivity index (χ3n) is 35.5. The monoisotopic (exact) mass is 1830 g/mol. The highest BCUT2D eigenvalue weighted by Gasteiger charge is 2.33. The molecule has 0 bridgehead atoms. The van der Waals surface area contributed by atoms with Crippen molar-refractivity contribution in [2.24, 2.45) is 0 Å². The molecule has 23 rings (SSSR count). The number of anilines is 6. The van der Waals surface area contributed by atoms with Crippen molar-refractivity contribution in [3.63, 3.8) is 0 Å². The zero-order valence-electron chi connectivity index (χ0n) is 84.2. The van der Waals surface area contributed by atoms with Gasteiger partial charge in [-0.1, -0.05) is 405 Å². The van der Waals surface area contributed by atoms with Crippen LogP contribution in [0.3, 0.4) is 0 Å². The minimum atomic E-state index is -0.242. The third-order valence-corrected chi connectivity index (χ3v) is 35.5. The van der Waals surface area contributed by atoms with E-state index in [4.69, 9.17) is 0 Å². The SMILES string of the molecule is CC(C)(C)c1ccc2c(N(c3cc(-c4ccc(C5CCCCC5)cc4)cc(-c4ccc(C5CCCCC5)cc4)c3)c3cc(-c4ccc(C5CCCCC5)cc4)cc(-c4ccc(C5CCCCC5)cc4)c3)c3ccccc3c(N(c3cc(-c4ccc(C5CCCCC5)cc4)cc(-c4ccc(C5CCCCC5)cc4)c3)c3cc(-c4ccc(C5CCCCC5)cc4)cc(-c4ccc(C5CCCCC5)cc4)c3)c2c1. The largest absolute Gasteiger partial charge is 0.309 e. The van der Waals surface area contributed by atoms with Crippen LogP contribution in [0, 0.1) is 0 Å². The van der Waals surface area contributed by atoms with Gasteiger partial charge in [0.1, 0.15) is 0 Å². The second-order valence-corrected chi connectivity index (χ2v) is 45.7. The lowest BCUT2D eigenvalue weighted by atomic mass is 9.83. The molecule has 710 valence electrons. The molecule has 0 aromatic heterocycles. The molecule has 8 fully saturated rings. The Morgan fingerprint density at radius 1 is 0.157 bits per heavy atom. The minimum Gasteiger partial charge on any atom is -0.309 e. The zero-order chi connectivity index (χ0) is 93.8. The number of hydrogen-bond acceptors (Lipinski definition) is 2. The Morgan fingerprint density at radius 2 is 0.321 bits per heavy atom. The smallest absolute Gasteiger partial charge is 0.0620 e. The molecule has 0 atom stereocenters. The van der Waals surface area contributed by atoms with Crippen molar-refractivity contribution in [1.29, 1.82) is 0 Å². The second-order valence-electron chi connectivity index (χ2n) is 45.7. The summed E-state index contributed by atoms with van der Waals surface area (Å²) in [6.45, 7) is 7.32. The fraction of sp³-hybridized carbons (Fsp3) is 0.377. The topological polar surface area (TPSA) is 6.48 Å². The number of rotatable bonds is 22. The summed E-state index contributed by atoms with van der Waals surface area (Å²) in [7, 11) is 0. The molecule has 0 spiro atoms. The Labute approximate surface area is 838 Å². The molecule has 0 N–H and O–H groups in total. The molecule has 0 aliphatic heterocycles. The van der Waals surface area contributed by atoms with Crippen LogP contribution in [-0.2, 0) is 5.41 Å². The van der Waals surface area contributed by atoms with Crippen molar-refractivity contribution in [1.82, 2.24) is 0 Å². The first-order chi connectivity index (χ1) is 69.0. The molecule has 8 aliphatic rings. The molecular formula is C138H148N2. The Hall–Kier alpha value is -11.6. The highest BCUT2D eigenvalue weighted by molar-refractivity contribution is 6.24. The van der Waals surface area contributed by atoms with Gasteiger partial charge in [-0.05, 0) is 373 Å². The van der Waals surface area contributed by atoms with Gasteiger partial charge in [-0.15, -0.1) is 0 Å². The van der Waals surface area contributed by atoms with Crippen LogP contribution in [0.5, 0.6) is 0 Å². The summed E-state index contributed by atoms with van der Waals surface area (Å²) in [5.74, 6) is 4.77. The summed E-state index contributed by atoms with van der Waals surface area (Å²) in [4.78, 5) is 5.58. The molecule has 0 heterocycles. The lowest BCUT2D eigenvalue weighted by Gasteiger charge is -2.35. The van der Waals surface area contributed by atoms with Gasteiger partial charge in [0.15, 0.2) is 0 Å². The first-order valence-electron chi connectivity index (χ1n) is 56.0. The van der Waals surface area contributed by atoms with Crippen LogP contribution in [-0.4, -0.2) is 0 Å². The predicted molar refractivity (Wildman–Crippen MR) is 600 cm³/mol. The Bertz CT molecular complexity index is 6090. The molecule has 0 saturated heterocycles. The zero-order valence-corrected chi connectivity index (χ0v) is 84.2. The molecular weight excluding hydrogens is 1690 g/mol. The second kappa shape index (κ2) is 41.9. The fourth-order valence-corrected chi connectivity index (χ4v) is 27.3. The van der Waals surface area contributed by atoms with Gasteiger partial charge in [-0.25, -0.2) is 0 Å². The lowest BCUT2D eigenvalue weighted by Crippen LogP contribution is -2.16. The summed E-state index contributed by atoms with van der Waals surface area (Å²) in [5.41, 5.74) is 39.6. The summed E-state index contributed by atoms with van der Waals surface area (Å²) in [6, 6.07) is 128. The maximum atomic E-state index is 2.80. The Kier molecular flexibility index (Phi) is 27.6. The van der Waals surface area contributed by atoms with Crippen molar-refractivity contribution in [3.8, 4) is 89.0 Å². The van der Waals surface area contributed by atoms with Crippen molar-refractivity contribution >= 4 is 55.7 Å². The molecule has 2 heteroatoms. The van der Waals surface area contributed by atoms with E-state index in [2.05, 4.69) is 340 Å². The highest BCUT2D eigenvalue weighted by atomic mass is 15.2. The van der Waals surface area contributed by atoms with Crippen LogP contribution in [0.1, 0.15) is 375 Å². The number of hydrogen-bond donors (Lipinski definition) is 0. The molecule has 15 aromatic carbocycles. The van der Waals surface area contributed by atoms with Crippen LogP contribution < -0.4 is 9.80 Å². The summed E-state index contributed by atoms with van der Waals surface area (Å²) >= 11 is 0. The fourth-order valence-electron chi connectivity index (χ4n) is 27.3. The van der Waals surface area contributed by atoms with Crippen LogP contribution in [0.25, 0.3) is 111 Å². The lowest BCUT2D eigenvalue weighted by molar-refractivity contribution is 0.443. The van der Waals surface area contributed by atoms with Crippen molar-refractivity contribution in [2.75, 3.05) is 9.80 Å². The summed E-state index contributed by atoms with van der Waals surface area (Å²) in [5, 5.41) is 4.77. The van der Waals surface area contributed by atoms with Crippen LogP contribution in [0.15, 0.2) is 309 Å². The normalized spacial score (nSPS) is 18.0. The van der Waals surface area contributed by atoms with Gasteiger partial charge in [0.2, 0.25) is 0 Å². The minimum absolute atomic E-state index is 0.242. The van der Waals surface area contributed by atoms with Crippen molar-refractivity contribution in [3.05, 3.63) is 359 Å². The predicted octanol–water partition coefficient (Wildman–Crippen LogP) is 41.9. The van der Waals surface area contributed by atoms with E-state index in [1.54, 1.807) is 0 Å². The van der Waals surface area contributed by atoms with Gasteiger partial charge in [-0.2, -0.15) is 0 Å². The van der Waals surface area contributed by atoms with Gasteiger partial charge < -0.3 is 9.80 Å². The van der Waals surface area contributed by atoms with E-state index in [1.165, 1.54) is 429 Å². The molecule has 8 aliphatic carbocycles. The van der Waals surface area contributed by atoms with E-state index >= 15 is 0 Å². The number of fused-ring (bicyclic) bond motifs is 2. The van der Waals surface area contributed by atoms with E-state index in [-0.39, 0.29) is 5.41 Å². The van der Waals surface area contributed by atoms with Gasteiger partial charge in [0.25, 0.3) is 0 Å². The molecule has 0 amide bonds. The van der Waals surface area contributed by atoms with E-state index in [0.29, 0.717) is 47.3 Å². The molecule has 15 aromatic rings. The van der Waals surface area contributed by atoms with Crippen LogP contribution >= 0.6 is 0 Å². The standard InChI is InChI=1S/C138H148N2/c1-138(2,3)127-80-81-134-135(94-127)137(140(130-90-123(115-72-56-107(57-73-115)99-38-20-8-21-39-99)84-124(91-130)116-74-58-108(59-75-116)100-40-22-9-23-41-100)131-92-125(117-76-60-109(61-77-117)101-42-24-10-25-43-101)85-126(93-131)118-78-62-110(63-79-118)102-44-26-11-27-45-102)133-47-29-28-46-132(133)136(134)139(128-86-119(111-64-48-103(49-65-111)95-30-12-4-13-31-95)82-120(87-128)112-66-50-104(51-67-112)96-32-14-5-15-33-96)129-88-121(113-68-52-105(53-69-113)97-34-16-6-17-35-97)83-122(89-129)114-70-54-106(55-71-114)98-36-18-7-19-37-98/h28-29,46-102H,4-27,30-45H2,1-3H3. The maximum Gasteiger partial charge on any atom is 0.0620 e. The number of benzene rings is 15.